The maximum Gasteiger partial charge on any atom is 0.222 e. The van der Waals surface area contributed by atoms with E-state index in [2.05, 4.69) is 0 Å². The quantitative estimate of drug-likeness (QED) is 0.615. The summed E-state index contributed by atoms with van der Waals surface area (Å²) in [6.07, 6.45) is 1.28. The molecule has 0 heterocycles. The molecule has 0 aromatic carbocycles. The molecule has 0 fully saturated rings. The van der Waals surface area contributed by atoms with Gasteiger partial charge in [0.15, 0.2) is 0 Å². The molecule has 0 saturated heterocycles. The number of rotatable bonds is 7. The number of amides is 1. The summed E-state index contributed by atoms with van der Waals surface area (Å²) in [5.41, 5.74) is 0. The topological polar surface area (TPSA) is 29.5 Å². The van der Waals surface area contributed by atoms with E-state index in [0.29, 0.717) is 25.5 Å². The predicted octanol–water partition coefficient (Wildman–Crippen LogP) is 1.89. The maximum atomic E-state index is 11.7. The van der Waals surface area contributed by atoms with Crippen LogP contribution in [0.1, 0.15) is 26.7 Å². The van der Waals surface area contributed by atoms with Crippen LogP contribution in [0.2, 0.25) is 0 Å². The number of methoxy groups -OCH3 is 1. The monoisotopic (exact) mass is 221 g/mol. The summed E-state index contributed by atoms with van der Waals surface area (Å²) < 4.78 is 4.96. The van der Waals surface area contributed by atoms with E-state index >= 15 is 0 Å². The standard InChI is InChI=1S/C10H20ClNO2/c1-9(2)12(7-8-14-3)10(13)5-4-6-11/h9H,4-8H2,1-3H3. The molecular weight excluding hydrogens is 202 g/mol. The van der Waals surface area contributed by atoms with Crippen LogP contribution in [0.4, 0.5) is 0 Å². The first-order chi connectivity index (χ1) is 6.63. The van der Waals surface area contributed by atoms with E-state index in [1.54, 1.807) is 7.11 Å². The molecule has 4 heteroatoms. The SMILES string of the molecule is COCCN(C(=O)CCCCl)C(C)C. The molecule has 0 N–H and O–H groups in total. The normalized spacial score (nSPS) is 10.6. The van der Waals surface area contributed by atoms with Gasteiger partial charge < -0.3 is 9.64 Å². The summed E-state index contributed by atoms with van der Waals surface area (Å²) in [7, 11) is 1.64. The first-order valence-electron chi connectivity index (χ1n) is 4.97. The molecule has 0 aliphatic rings. The summed E-state index contributed by atoms with van der Waals surface area (Å²) in [5, 5.41) is 0. The van der Waals surface area contributed by atoms with Gasteiger partial charge in [-0.3, -0.25) is 4.79 Å². The van der Waals surface area contributed by atoms with Crippen LogP contribution in [0.15, 0.2) is 0 Å². The molecule has 0 aliphatic carbocycles. The zero-order valence-electron chi connectivity index (χ0n) is 9.25. The Bertz CT molecular complexity index is 162. The third-order valence-corrected chi connectivity index (χ3v) is 2.27. The highest BCUT2D eigenvalue weighted by atomic mass is 35.5. The van der Waals surface area contributed by atoms with Crippen molar-refractivity contribution < 1.29 is 9.53 Å². The minimum Gasteiger partial charge on any atom is -0.383 e. The van der Waals surface area contributed by atoms with Crippen LogP contribution in [0.5, 0.6) is 0 Å². The van der Waals surface area contributed by atoms with Gasteiger partial charge in [0.25, 0.3) is 0 Å². The number of ether oxygens (including phenoxy) is 1. The zero-order valence-corrected chi connectivity index (χ0v) is 10.0. The van der Waals surface area contributed by atoms with Crippen LogP contribution in [-0.4, -0.2) is 43.0 Å². The van der Waals surface area contributed by atoms with E-state index in [4.69, 9.17) is 16.3 Å². The van der Waals surface area contributed by atoms with E-state index in [1.807, 2.05) is 18.7 Å². The molecule has 0 aliphatic heterocycles. The Balaban J connectivity index is 3.98. The number of halogens is 1. The molecule has 0 aromatic rings. The molecule has 3 nitrogen and oxygen atoms in total. The summed E-state index contributed by atoms with van der Waals surface area (Å²) in [4.78, 5) is 13.5. The van der Waals surface area contributed by atoms with Gasteiger partial charge in [-0.25, -0.2) is 0 Å². The van der Waals surface area contributed by atoms with Gasteiger partial charge in [-0.1, -0.05) is 0 Å². The molecule has 1 amide bonds. The van der Waals surface area contributed by atoms with Crippen molar-refractivity contribution in [1.29, 1.82) is 0 Å². The molecular formula is C10H20ClNO2. The molecule has 0 unspecified atom stereocenters. The van der Waals surface area contributed by atoms with E-state index in [9.17, 15) is 4.79 Å². The molecule has 0 bridgehead atoms. The minimum absolute atomic E-state index is 0.165. The average molecular weight is 222 g/mol. The fourth-order valence-corrected chi connectivity index (χ4v) is 1.36. The van der Waals surface area contributed by atoms with Crippen LogP contribution in [0.3, 0.4) is 0 Å². The van der Waals surface area contributed by atoms with E-state index in [-0.39, 0.29) is 11.9 Å². The molecule has 84 valence electrons. The molecule has 14 heavy (non-hydrogen) atoms. The van der Waals surface area contributed by atoms with Crippen LogP contribution in [0, 0.1) is 0 Å². The summed E-state index contributed by atoms with van der Waals surface area (Å²) >= 11 is 5.54. The van der Waals surface area contributed by atoms with Crippen LogP contribution < -0.4 is 0 Å². The van der Waals surface area contributed by atoms with Crippen LogP contribution in [0.25, 0.3) is 0 Å². The number of hydrogen-bond donors (Lipinski definition) is 0. The van der Waals surface area contributed by atoms with Crippen molar-refractivity contribution in [3.05, 3.63) is 0 Å². The van der Waals surface area contributed by atoms with Crippen LogP contribution >= 0.6 is 11.6 Å². The van der Waals surface area contributed by atoms with Crippen molar-refractivity contribution in [3.8, 4) is 0 Å². The van der Waals surface area contributed by atoms with Gasteiger partial charge in [0.2, 0.25) is 5.91 Å². The second kappa shape index (κ2) is 8.06. The van der Waals surface area contributed by atoms with Crippen molar-refractivity contribution >= 4 is 17.5 Å². The molecule has 0 saturated carbocycles. The molecule has 0 spiro atoms. The van der Waals surface area contributed by atoms with Crippen molar-refractivity contribution in [2.45, 2.75) is 32.7 Å². The van der Waals surface area contributed by atoms with Crippen molar-refractivity contribution in [1.82, 2.24) is 4.90 Å². The smallest absolute Gasteiger partial charge is 0.222 e. The van der Waals surface area contributed by atoms with Gasteiger partial charge in [-0.2, -0.15) is 0 Å². The third kappa shape index (κ3) is 5.45. The van der Waals surface area contributed by atoms with Gasteiger partial charge in [0.05, 0.1) is 6.61 Å². The fraction of sp³-hybridized carbons (Fsp3) is 0.900. The van der Waals surface area contributed by atoms with Gasteiger partial charge in [-0.05, 0) is 20.3 Å². The van der Waals surface area contributed by atoms with Crippen molar-refractivity contribution in [2.24, 2.45) is 0 Å². The summed E-state index contributed by atoms with van der Waals surface area (Å²) in [6, 6.07) is 0.230. The number of nitrogens with zero attached hydrogens (tertiary/aromatic N) is 1. The number of carbonyl (C=O) groups excluding carboxylic acids is 1. The van der Waals surface area contributed by atoms with E-state index in [0.717, 1.165) is 6.42 Å². The summed E-state index contributed by atoms with van der Waals surface area (Å²) in [5.74, 6) is 0.708. The van der Waals surface area contributed by atoms with E-state index < -0.39 is 0 Å². The Kier molecular flexibility index (Phi) is 7.90. The zero-order chi connectivity index (χ0) is 11.0. The minimum atomic E-state index is 0.165. The Morgan fingerprint density at radius 2 is 2.14 bits per heavy atom. The fourth-order valence-electron chi connectivity index (χ4n) is 1.22. The second-order valence-corrected chi connectivity index (χ2v) is 3.84. The van der Waals surface area contributed by atoms with Gasteiger partial charge in [-0.15, -0.1) is 11.6 Å². The lowest BCUT2D eigenvalue weighted by atomic mass is 10.2. The highest BCUT2D eigenvalue weighted by molar-refractivity contribution is 6.17. The molecule has 0 radical (unpaired) electrons. The van der Waals surface area contributed by atoms with Crippen molar-refractivity contribution in [2.75, 3.05) is 26.1 Å². The lowest BCUT2D eigenvalue weighted by molar-refractivity contribution is -0.133. The lowest BCUT2D eigenvalue weighted by Crippen LogP contribution is -2.39. The second-order valence-electron chi connectivity index (χ2n) is 3.47. The number of alkyl halides is 1. The van der Waals surface area contributed by atoms with Crippen LogP contribution in [-0.2, 0) is 9.53 Å². The van der Waals surface area contributed by atoms with Crippen molar-refractivity contribution in [3.63, 3.8) is 0 Å². The molecule has 0 rings (SSSR count). The highest BCUT2D eigenvalue weighted by Crippen LogP contribution is 2.04. The summed E-state index contributed by atoms with van der Waals surface area (Å²) in [6.45, 7) is 5.27. The highest BCUT2D eigenvalue weighted by Gasteiger charge is 2.15. The Hall–Kier alpha value is -0.280. The van der Waals surface area contributed by atoms with Gasteiger partial charge in [0, 0.05) is 32.0 Å². The maximum absolute atomic E-state index is 11.7. The predicted molar refractivity (Wildman–Crippen MR) is 58.7 cm³/mol. The number of hydrogen-bond acceptors (Lipinski definition) is 2. The van der Waals surface area contributed by atoms with Gasteiger partial charge in [0.1, 0.15) is 0 Å². The Labute approximate surface area is 91.4 Å². The largest absolute Gasteiger partial charge is 0.383 e. The first kappa shape index (κ1) is 13.7. The lowest BCUT2D eigenvalue weighted by Gasteiger charge is -2.26. The average Bonchev–Trinajstić information content (AvgIpc) is 2.14. The Morgan fingerprint density at radius 1 is 1.50 bits per heavy atom. The van der Waals surface area contributed by atoms with Gasteiger partial charge >= 0.3 is 0 Å². The Morgan fingerprint density at radius 3 is 2.57 bits per heavy atom. The third-order valence-electron chi connectivity index (χ3n) is 2.00. The molecule has 0 aromatic heterocycles. The first-order valence-corrected chi connectivity index (χ1v) is 5.51. The van der Waals surface area contributed by atoms with E-state index in [1.165, 1.54) is 0 Å². The molecule has 0 atom stereocenters. The number of carbonyl (C=O) groups is 1.